The first-order chi connectivity index (χ1) is 16.6. The van der Waals surface area contributed by atoms with E-state index in [9.17, 15) is 9.59 Å². The van der Waals surface area contributed by atoms with Gasteiger partial charge in [-0.15, -0.1) is 0 Å². The second-order valence-corrected chi connectivity index (χ2v) is 9.21. The smallest absolute Gasteiger partial charge is 0.280 e. The summed E-state index contributed by atoms with van der Waals surface area (Å²) < 4.78 is 5.58. The van der Waals surface area contributed by atoms with Crippen LogP contribution in [-0.2, 0) is 4.74 Å². The molecule has 5 rings (SSSR count). The van der Waals surface area contributed by atoms with E-state index in [1.54, 1.807) is 12.1 Å². The van der Waals surface area contributed by atoms with Crippen LogP contribution in [0.2, 0.25) is 5.02 Å². The van der Waals surface area contributed by atoms with Crippen LogP contribution in [0.5, 0.6) is 0 Å². The van der Waals surface area contributed by atoms with Crippen molar-refractivity contribution in [2.75, 3.05) is 31.6 Å². The summed E-state index contributed by atoms with van der Waals surface area (Å²) in [6.07, 6.45) is 4.19. The lowest BCUT2D eigenvalue weighted by Gasteiger charge is -2.16. The molecule has 3 aliphatic rings. The molecule has 178 valence electrons. The van der Waals surface area contributed by atoms with Gasteiger partial charge < -0.3 is 26.0 Å². The lowest BCUT2D eigenvalue weighted by atomic mass is 10.0. The zero-order valence-corrected chi connectivity index (χ0v) is 19.6. The Hall–Kier alpha value is -3.10. The van der Waals surface area contributed by atoms with Gasteiger partial charge in [-0.1, -0.05) is 17.7 Å². The first-order valence-electron chi connectivity index (χ1n) is 11.8. The first-order valence-corrected chi connectivity index (χ1v) is 12.2. The number of amides is 2. The fraction of sp³-hybridized carbons (Fsp3) is 0.400. The topological polar surface area (TPSA) is 104 Å². The van der Waals surface area contributed by atoms with Crippen molar-refractivity contribution in [3.63, 3.8) is 0 Å². The molecule has 2 aromatic carbocycles. The van der Waals surface area contributed by atoms with Crippen molar-refractivity contribution in [1.82, 2.24) is 16.0 Å². The fourth-order valence-electron chi connectivity index (χ4n) is 4.27. The van der Waals surface area contributed by atoms with Crippen LogP contribution in [0.15, 0.2) is 41.4 Å². The molecule has 8 nitrogen and oxygen atoms in total. The highest BCUT2D eigenvalue weighted by Crippen LogP contribution is 2.45. The second kappa shape index (κ2) is 10.0. The van der Waals surface area contributed by atoms with Gasteiger partial charge in [0.15, 0.2) is 5.96 Å². The lowest BCUT2D eigenvalue weighted by Crippen LogP contribution is -2.31. The van der Waals surface area contributed by atoms with Crippen LogP contribution < -0.4 is 21.3 Å². The molecule has 2 heterocycles. The molecule has 0 radical (unpaired) electrons. The molecule has 2 amide bonds. The normalized spacial score (nSPS) is 19.3. The Kier molecular flexibility index (Phi) is 6.69. The maximum atomic E-state index is 12.7. The average molecular weight is 482 g/mol. The average Bonchev–Trinajstić information content (AvgIpc) is 3.30. The molecule has 3 fully saturated rings. The first kappa shape index (κ1) is 22.7. The Bertz CT molecular complexity index is 1120. The van der Waals surface area contributed by atoms with Crippen LogP contribution in [-0.4, -0.2) is 50.1 Å². The third-order valence-corrected chi connectivity index (χ3v) is 6.67. The predicted molar refractivity (Wildman–Crippen MR) is 132 cm³/mol. The molecule has 2 saturated heterocycles. The van der Waals surface area contributed by atoms with Gasteiger partial charge in [-0.2, -0.15) is 4.99 Å². The zero-order valence-electron chi connectivity index (χ0n) is 18.8. The minimum absolute atomic E-state index is 0.0664. The van der Waals surface area contributed by atoms with Gasteiger partial charge in [0.2, 0.25) is 0 Å². The molecule has 0 spiro atoms. The summed E-state index contributed by atoms with van der Waals surface area (Å²) >= 11 is 6.63. The number of ether oxygens (including phenoxy) is 1. The summed E-state index contributed by atoms with van der Waals surface area (Å²) in [6, 6.07) is 10.9. The second-order valence-electron chi connectivity index (χ2n) is 8.83. The van der Waals surface area contributed by atoms with Gasteiger partial charge in [-0.3, -0.25) is 9.59 Å². The highest BCUT2D eigenvalue weighted by atomic mass is 35.5. The van der Waals surface area contributed by atoms with Crippen LogP contribution in [0.3, 0.4) is 0 Å². The summed E-state index contributed by atoms with van der Waals surface area (Å²) in [5.74, 6) is 0.401. The highest BCUT2D eigenvalue weighted by molar-refractivity contribution is 6.36. The summed E-state index contributed by atoms with van der Waals surface area (Å²) in [6.45, 7) is 2.74. The van der Waals surface area contributed by atoms with E-state index in [0.29, 0.717) is 40.3 Å². The van der Waals surface area contributed by atoms with Crippen LogP contribution in [0.1, 0.15) is 57.9 Å². The van der Waals surface area contributed by atoms with Crippen molar-refractivity contribution in [3.8, 4) is 0 Å². The SMILES string of the molecule is O=C(N=C1NCCN1)c1ccc(Nc2cccc(C(=O)NCC3CCCO3)c2Cl)c(C2CC2)c1. The number of guanidine groups is 1. The van der Waals surface area contributed by atoms with Crippen molar-refractivity contribution >= 4 is 40.7 Å². The standard InChI is InChI=1S/C25H28ClN5O3/c26-22-18(24(33)29-14-17-3-2-12-34-17)4-1-5-21(22)30-20-9-8-16(13-19(20)15-6-7-15)23(32)31-25-27-10-11-28-25/h1,4-5,8-9,13,15,17,30H,2-3,6-7,10-12,14H2,(H,29,33)(H2,27,28,31,32). The zero-order chi connectivity index (χ0) is 23.5. The molecule has 9 heteroatoms. The van der Waals surface area contributed by atoms with Gasteiger partial charge in [0, 0.05) is 37.5 Å². The van der Waals surface area contributed by atoms with Gasteiger partial charge in [-0.05, 0) is 67.5 Å². The molecule has 1 saturated carbocycles. The molecule has 1 aliphatic carbocycles. The number of carbonyl (C=O) groups is 2. The molecule has 2 aliphatic heterocycles. The number of anilines is 2. The number of halogens is 1. The van der Waals surface area contributed by atoms with Crippen LogP contribution in [0.4, 0.5) is 11.4 Å². The van der Waals surface area contributed by atoms with Gasteiger partial charge in [0.1, 0.15) is 0 Å². The number of hydrogen-bond acceptors (Lipinski definition) is 4. The van der Waals surface area contributed by atoms with Crippen molar-refractivity contribution < 1.29 is 14.3 Å². The van der Waals surface area contributed by atoms with E-state index in [4.69, 9.17) is 16.3 Å². The Morgan fingerprint density at radius 1 is 1.09 bits per heavy atom. The number of nitrogens with one attached hydrogen (secondary N) is 4. The Balaban J connectivity index is 1.33. The monoisotopic (exact) mass is 481 g/mol. The van der Waals surface area contributed by atoms with Gasteiger partial charge >= 0.3 is 0 Å². The maximum Gasteiger partial charge on any atom is 0.280 e. The van der Waals surface area contributed by atoms with E-state index in [2.05, 4.69) is 26.3 Å². The molecule has 4 N–H and O–H groups in total. The third kappa shape index (κ3) is 5.18. The molecular weight excluding hydrogens is 454 g/mol. The summed E-state index contributed by atoms with van der Waals surface area (Å²) in [4.78, 5) is 29.5. The third-order valence-electron chi connectivity index (χ3n) is 6.27. The van der Waals surface area contributed by atoms with Gasteiger partial charge in [0.25, 0.3) is 11.8 Å². The number of nitrogens with zero attached hydrogens (tertiary/aromatic N) is 1. The van der Waals surface area contributed by atoms with Gasteiger partial charge in [0.05, 0.1) is 22.4 Å². The Labute approximate surface area is 203 Å². The van der Waals surface area contributed by atoms with E-state index < -0.39 is 0 Å². The molecule has 2 aromatic rings. The minimum Gasteiger partial charge on any atom is -0.376 e. The van der Waals surface area contributed by atoms with Crippen LogP contribution >= 0.6 is 11.6 Å². The van der Waals surface area contributed by atoms with Crippen LogP contribution in [0.25, 0.3) is 0 Å². The number of aliphatic imine (C=N–C) groups is 1. The summed E-state index contributed by atoms with van der Waals surface area (Å²) in [7, 11) is 0. The van der Waals surface area contributed by atoms with E-state index in [1.165, 1.54) is 0 Å². The summed E-state index contributed by atoms with van der Waals surface area (Å²) in [5, 5.41) is 12.8. The molecular formula is C25H28ClN5O3. The van der Waals surface area contributed by atoms with E-state index in [-0.39, 0.29) is 17.9 Å². The maximum absolute atomic E-state index is 12.7. The van der Waals surface area contributed by atoms with E-state index in [0.717, 1.165) is 56.6 Å². The minimum atomic E-state index is -0.284. The predicted octanol–water partition coefficient (Wildman–Crippen LogP) is 3.56. The quantitative estimate of drug-likeness (QED) is 0.482. The van der Waals surface area contributed by atoms with Crippen LogP contribution in [0, 0.1) is 0 Å². The number of benzene rings is 2. The van der Waals surface area contributed by atoms with Crippen molar-refractivity contribution in [3.05, 3.63) is 58.1 Å². The Morgan fingerprint density at radius 3 is 2.65 bits per heavy atom. The molecule has 1 unspecified atom stereocenters. The molecule has 0 bridgehead atoms. The van der Waals surface area contributed by atoms with Crippen molar-refractivity contribution in [1.29, 1.82) is 0 Å². The fourth-order valence-corrected chi connectivity index (χ4v) is 4.53. The van der Waals surface area contributed by atoms with Gasteiger partial charge in [-0.25, -0.2) is 0 Å². The largest absolute Gasteiger partial charge is 0.376 e. The van der Waals surface area contributed by atoms with Crippen molar-refractivity contribution in [2.24, 2.45) is 4.99 Å². The lowest BCUT2D eigenvalue weighted by molar-refractivity contribution is 0.0857. The molecule has 34 heavy (non-hydrogen) atoms. The number of rotatable bonds is 7. The Morgan fingerprint density at radius 2 is 1.91 bits per heavy atom. The van der Waals surface area contributed by atoms with Crippen molar-refractivity contribution in [2.45, 2.75) is 37.7 Å². The number of hydrogen-bond donors (Lipinski definition) is 4. The summed E-state index contributed by atoms with van der Waals surface area (Å²) in [5.41, 5.74) is 3.54. The molecule has 1 atom stereocenters. The number of carbonyl (C=O) groups excluding carboxylic acids is 2. The van der Waals surface area contributed by atoms with E-state index in [1.807, 2.05) is 24.3 Å². The molecule has 0 aromatic heterocycles. The van der Waals surface area contributed by atoms with E-state index >= 15 is 0 Å². The highest BCUT2D eigenvalue weighted by Gasteiger charge is 2.28.